The molecule has 0 unspecified atom stereocenters. The number of nitrogens with zero attached hydrogens (tertiary/aromatic N) is 1. The van der Waals surface area contributed by atoms with Gasteiger partial charge in [-0.15, -0.1) is 6.58 Å². The topological polar surface area (TPSA) is 63.7 Å². The highest BCUT2D eigenvalue weighted by atomic mass is 32.2. The Morgan fingerprint density at radius 2 is 1.88 bits per heavy atom. The quantitative estimate of drug-likeness (QED) is 0.596. The molecule has 0 heterocycles. The molecule has 2 rings (SSSR count). The molecule has 0 spiro atoms. The maximum atomic E-state index is 13.0. The third-order valence-corrected chi connectivity index (χ3v) is 5.32. The Balaban J connectivity index is 2.60. The lowest BCUT2D eigenvalue weighted by Gasteiger charge is -2.25. The van der Waals surface area contributed by atoms with Gasteiger partial charge in [0.05, 0.1) is 29.8 Å². The van der Waals surface area contributed by atoms with Crippen LogP contribution in [0.4, 0.5) is 5.69 Å². The molecule has 0 amide bonds. The van der Waals surface area contributed by atoms with Crippen LogP contribution < -0.4 is 4.31 Å². The van der Waals surface area contributed by atoms with Gasteiger partial charge < -0.3 is 4.74 Å². The van der Waals surface area contributed by atoms with Gasteiger partial charge >= 0.3 is 5.97 Å². The van der Waals surface area contributed by atoms with Crippen molar-refractivity contribution in [2.75, 3.05) is 18.0 Å². The van der Waals surface area contributed by atoms with Gasteiger partial charge in [-0.2, -0.15) is 0 Å². The van der Waals surface area contributed by atoms with Gasteiger partial charge in [0, 0.05) is 0 Å². The van der Waals surface area contributed by atoms with E-state index in [1.54, 1.807) is 37.3 Å². The van der Waals surface area contributed by atoms with E-state index in [9.17, 15) is 13.2 Å². The SMILES string of the molecule is C=CCN(c1cc(C(=O)OC)ccc1C)S(=O)(=O)c1ccccc1. The van der Waals surface area contributed by atoms with E-state index < -0.39 is 16.0 Å². The summed E-state index contributed by atoms with van der Waals surface area (Å²) >= 11 is 0. The van der Waals surface area contributed by atoms with E-state index in [0.29, 0.717) is 5.69 Å². The predicted octanol–water partition coefficient (Wildman–Crippen LogP) is 3.16. The molecule has 0 saturated heterocycles. The Bertz CT molecular complexity index is 845. The first-order chi connectivity index (χ1) is 11.4. The number of hydrogen-bond donors (Lipinski definition) is 0. The van der Waals surface area contributed by atoms with Crippen LogP contribution in [0.25, 0.3) is 0 Å². The second-order valence-electron chi connectivity index (χ2n) is 5.13. The zero-order chi connectivity index (χ0) is 17.7. The van der Waals surface area contributed by atoms with Crippen molar-refractivity contribution in [3.8, 4) is 0 Å². The second-order valence-corrected chi connectivity index (χ2v) is 6.99. The monoisotopic (exact) mass is 345 g/mol. The van der Waals surface area contributed by atoms with Crippen molar-refractivity contribution in [3.63, 3.8) is 0 Å². The van der Waals surface area contributed by atoms with Gasteiger partial charge in [0.2, 0.25) is 0 Å². The minimum Gasteiger partial charge on any atom is -0.465 e. The number of methoxy groups -OCH3 is 1. The van der Waals surface area contributed by atoms with E-state index in [0.717, 1.165) is 5.56 Å². The number of benzene rings is 2. The van der Waals surface area contributed by atoms with Crippen LogP contribution in [0.2, 0.25) is 0 Å². The minimum atomic E-state index is -3.78. The highest BCUT2D eigenvalue weighted by molar-refractivity contribution is 7.92. The molecule has 5 nitrogen and oxygen atoms in total. The van der Waals surface area contributed by atoms with Crippen LogP contribution in [0, 0.1) is 6.92 Å². The highest BCUT2D eigenvalue weighted by Crippen LogP contribution is 2.28. The van der Waals surface area contributed by atoms with Crippen LogP contribution in [0.5, 0.6) is 0 Å². The van der Waals surface area contributed by atoms with E-state index in [2.05, 4.69) is 6.58 Å². The van der Waals surface area contributed by atoms with Gasteiger partial charge in [0.25, 0.3) is 10.0 Å². The fourth-order valence-electron chi connectivity index (χ4n) is 2.29. The molecule has 0 saturated carbocycles. The minimum absolute atomic E-state index is 0.0860. The first-order valence-corrected chi connectivity index (χ1v) is 8.73. The van der Waals surface area contributed by atoms with Gasteiger partial charge in [-0.05, 0) is 36.8 Å². The fourth-order valence-corrected chi connectivity index (χ4v) is 3.80. The molecular weight excluding hydrogens is 326 g/mol. The van der Waals surface area contributed by atoms with Crippen molar-refractivity contribution >= 4 is 21.7 Å². The molecule has 2 aromatic carbocycles. The van der Waals surface area contributed by atoms with Crippen LogP contribution >= 0.6 is 0 Å². The lowest BCUT2D eigenvalue weighted by atomic mass is 10.1. The molecular formula is C18H19NO4S. The molecule has 2 aromatic rings. The smallest absolute Gasteiger partial charge is 0.337 e. The number of rotatable bonds is 6. The third kappa shape index (κ3) is 3.49. The van der Waals surface area contributed by atoms with Gasteiger partial charge in [-0.1, -0.05) is 30.3 Å². The highest BCUT2D eigenvalue weighted by Gasteiger charge is 2.25. The van der Waals surface area contributed by atoms with Crippen molar-refractivity contribution < 1.29 is 17.9 Å². The molecule has 6 heteroatoms. The van der Waals surface area contributed by atoms with E-state index in [1.165, 1.54) is 35.7 Å². The number of ether oxygens (including phenoxy) is 1. The maximum Gasteiger partial charge on any atom is 0.337 e. The van der Waals surface area contributed by atoms with Crippen molar-refractivity contribution in [2.24, 2.45) is 0 Å². The Morgan fingerprint density at radius 1 is 1.21 bits per heavy atom. The van der Waals surface area contributed by atoms with Crippen LogP contribution in [-0.4, -0.2) is 28.0 Å². The summed E-state index contributed by atoms with van der Waals surface area (Å²) in [5.74, 6) is -0.521. The number of carbonyl (C=O) groups excluding carboxylic acids is 1. The summed E-state index contributed by atoms with van der Waals surface area (Å²) in [6.07, 6.45) is 1.50. The first kappa shape index (κ1) is 17.7. The standard InChI is InChI=1S/C18H19NO4S/c1-4-12-19(24(21,22)16-8-6-5-7-9-16)17-13-15(18(20)23-3)11-10-14(17)2/h4-11,13H,1,12H2,2-3H3. The Hall–Kier alpha value is -2.60. The van der Waals surface area contributed by atoms with Gasteiger partial charge in [0.15, 0.2) is 0 Å². The van der Waals surface area contributed by atoms with Crippen molar-refractivity contribution in [1.82, 2.24) is 0 Å². The lowest BCUT2D eigenvalue weighted by molar-refractivity contribution is 0.0600. The molecule has 24 heavy (non-hydrogen) atoms. The number of hydrogen-bond acceptors (Lipinski definition) is 4. The van der Waals surface area contributed by atoms with Crippen LogP contribution in [0.1, 0.15) is 15.9 Å². The molecule has 0 aromatic heterocycles. The third-order valence-electron chi connectivity index (χ3n) is 3.53. The molecule has 0 bridgehead atoms. The lowest BCUT2D eigenvalue weighted by Crippen LogP contribution is -2.32. The van der Waals surface area contributed by atoms with Crippen LogP contribution in [0.3, 0.4) is 0 Å². The van der Waals surface area contributed by atoms with Crippen molar-refractivity contribution in [3.05, 3.63) is 72.3 Å². The largest absolute Gasteiger partial charge is 0.465 e. The summed E-state index contributed by atoms with van der Waals surface area (Å²) in [4.78, 5) is 11.9. The molecule has 0 aliphatic carbocycles. The second kappa shape index (κ2) is 7.31. The predicted molar refractivity (Wildman–Crippen MR) is 93.7 cm³/mol. The number of sulfonamides is 1. The number of anilines is 1. The fraction of sp³-hybridized carbons (Fsp3) is 0.167. The van der Waals surface area contributed by atoms with Crippen molar-refractivity contribution in [2.45, 2.75) is 11.8 Å². The summed E-state index contributed by atoms with van der Waals surface area (Å²) in [6.45, 7) is 5.51. The van der Waals surface area contributed by atoms with Crippen LogP contribution in [-0.2, 0) is 14.8 Å². The average Bonchev–Trinajstić information content (AvgIpc) is 2.60. The number of aryl methyl sites for hydroxylation is 1. The Labute approximate surface area is 142 Å². The Kier molecular flexibility index (Phi) is 5.41. The normalized spacial score (nSPS) is 10.9. The van der Waals surface area contributed by atoms with E-state index in [-0.39, 0.29) is 17.0 Å². The molecule has 0 radical (unpaired) electrons. The first-order valence-electron chi connectivity index (χ1n) is 7.29. The van der Waals surface area contributed by atoms with Crippen LogP contribution in [0.15, 0.2) is 66.1 Å². The van der Waals surface area contributed by atoms with E-state index in [4.69, 9.17) is 4.74 Å². The summed E-state index contributed by atoms with van der Waals surface area (Å²) in [7, 11) is -2.50. The van der Waals surface area contributed by atoms with Gasteiger partial charge in [0.1, 0.15) is 0 Å². The maximum absolute atomic E-state index is 13.0. The molecule has 0 atom stereocenters. The molecule has 0 aliphatic heterocycles. The van der Waals surface area contributed by atoms with E-state index in [1.807, 2.05) is 0 Å². The van der Waals surface area contributed by atoms with E-state index >= 15 is 0 Å². The molecule has 0 fully saturated rings. The zero-order valence-electron chi connectivity index (χ0n) is 13.6. The summed E-state index contributed by atoms with van der Waals surface area (Å²) in [6, 6.07) is 13.0. The number of carbonyl (C=O) groups is 1. The van der Waals surface area contributed by atoms with Gasteiger partial charge in [-0.3, -0.25) is 4.31 Å². The van der Waals surface area contributed by atoms with Gasteiger partial charge in [-0.25, -0.2) is 13.2 Å². The summed E-state index contributed by atoms with van der Waals surface area (Å²) < 4.78 is 31.9. The zero-order valence-corrected chi connectivity index (χ0v) is 14.4. The molecule has 0 aliphatic rings. The average molecular weight is 345 g/mol. The molecule has 126 valence electrons. The van der Waals surface area contributed by atoms with Crippen molar-refractivity contribution in [1.29, 1.82) is 0 Å². The molecule has 0 N–H and O–H groups in total. The Morgan fingerprint density at radius 3 is 2.46 bits per heavy atom. The number of esters is 1. The summed E-state index contributed by atoms with van der Waals surface area (Å²) in [5, 5.41) is 0. The summed E-state index contributed by atoms with van der Waals surface area (Å²) in [5.41, 5.74) is 1.43.